The average molecular weight is 308 g/mol. The van der Waals surface area contributed by atoms with E-state index in [9.17, 15) is 13.6 Å². The standard InChI is InChI=1S/C15H14F2N2OS/c1-9-2-7-13(18)12(8-9)14(20)19-10-3-5-11(6-4-10)21-15(16)17/h2-8,15H,18H2,1H3,(H,19,20). The van der Waals surface area contributed by atoms with Crippen molar-refractivity contribution in [3.63, 3.8) is 0 Å². The summed E-state index contributed by atoms with van der Waals surface area (Å²) in [5.74, 6) is -2.79. The van der Waals surface area contributed by atoms with Gasteiger partial charge in [0.05, 0.1) is 5.56 Å². The van der Waals surface area contributed by atoms with Crippen LogP contribution in [0, 0.1) is 6.92 Å². The molecule has 0 spiro atoms. The van der Waals surface area contributed by atoms with Crippen LogP contribution in [-0.4, -0.2) is 11.7 Å². The summed E-state index contributed by atoms with van der Waals surface area (Å²) in [5.41, 5.74) is 8.01. The third kappa shape index (κ3) is 4.19. The topological polar surface area (TPSA) is 55.1 Å². The molecule has 2 aromatic rings. The number of carbonyl (C=O) groups excluding carboxylic acids is 1. The minimum absolute atomic E-state index is 0.328. The van der Waals surface area contributed by atoms with Crippen LogP contribution in [0.5, 0.6) is 0 Å². The molecule has 0 heterocycles. The Morgan fingerprint density at radius 3 is 2.48 bits per heavy atom. The molecule has 0 saturated carbocycles. The van der Waals surface area contributed by atoms with E-state index in [1.807, 2.05) is 13.0 Å². The first-order chi connectivity index (χ1) is 9.95. The Hall–Kier alpha value is -2.08. The number of thioether (sulfide) groups is 1. The van der Waals surface area contributed by atoms with Crippen molar-refractivity contribution in [1.82, 2.24) is 0 Å². The number of nitrogen functional groups attached to an aromatic ring is 1. The molecular formula is C15H14F2N2OS. The largest absolute Gasteiger partial charge is 0.398 e. The second kappa shape index (κ2) is 6.58. The van der Waals surface area contributed by atoms with E-state index in [-0.39, 0.29) is 5.91 Å². The molecule has 0 atom stereocenters. The van der Waals surface area contributed by atoms with Gasteiger partial charge in [0, 0.05) is 16.3 Å². The highest BCUT2D eigenvalue weighted by atomic mass is 32.2. The Labute approximate surface area is 125 Å². The van der Waals surface area contributed by atoms with Crippen LogP contribution in [0.1, 0.15) is 15.9 Å². The molecule has 1 amide bonds. The van der Waals surface area contributed by atoms with Crippen molar-refractivity contribution in [3.8, 4) is 0 Å². The number of nitrogens with one attached hydrogen (secondary N) is 1. The lowest BCUT2D eigenvalue weighted by Crippen LogP contribution is -2.14. The first-order valence-electron chi connectivity index (χ1n) is 6.18. The predicted octanol–water partition coefficient (Wildman–Crippen LogP) is 4.14. The fourth-order valence-electron chi connectivity index (χ4n) is 1.78. The van der Waals surface area contributed by atoms with E-state index in [1.165, 1.54) is 12.1 Å². The third-order valence-electron chi connectivity index (χ3n) is 2.79. The molecule has 3 nitrogen and oxygen atoms in total. The highest BCUT2D eigenvalue weighted by Gasteiger charge is 2.11. The maximum Gasteiger partial charge on any atom is 0.288 e. The normalized spacial score (nSPS) is 10.7. The lowest BCUT2D eigenvalue weighted by molar-refractivity contribution is 0.102. The van der Waals surface area contributed by atoms with Crippen molar-refractivity contribution in [2.75, 3.05) is 11.1 Å². The average Bonchev–Trinajstić information content (AvgIpc) is 2.43. The number of halogens is 2. The number of rotatable bonds is 4. The van der Waals surface area contributed by atoms with Crippen molar-refractivity contribution in [2.45, 2.75) is 17.6 Å². The zero-order chi connectivity index (χ0) is 15.4. The van der Waals surface area contributed by atoms with Crippen LogP contribution in [-0.2, 0) is 0 Å². The number of carbonyl (C=O) groups is 1. The summed E-state index contributed by atoms with van der Waals surface area (Å²) in [4.78, 5) is 12.6. The van der Waals surface area contributed by atoms with Gasteiger partial charge in [-0.05, 0) is 43.3 Å². The van der Waals surface area contributed by atoms with Crippen LogP contribution >= 0.6 is 11.8 Å². The highest BCUT2D eigenvalue weighted by molar-refractivity contribution is 7.99. The van der Waals surface area contributed by atoms with Crippen molar-refractivity contribution < 1.29 is 13.6 Å². The Balaban J connectivity index is 2.10. The van der Waals surface area contributed by atoms with Crippen LogP contribution in [0.15, 0.2) is 47.4 Å². The summed E-state index contributed by atoms with van der Waals surface area (Å²) in [5, 5.41) is 2.69. The van der Waals surface area contributed by atoms with E-state index in [0.717, 1.165) is 5.56 Å². The van der Waals surface area contributed by atoms with Gasteiger partial charge in [-0.2, -0.15) is 8.78 Å². The molecule has 0 radical (unpaired) electrons. The molecule has 3 N–H and O–H groups in total. The van der Waals surface area contributed by atoms with E-state index < -0.39 is 5.76 Å². The van der Waals surface area contributed by atoms with Crippen LogP contribution in [0.3, 0.4) is 0 Å². The predicted molar refractivity (Wildman–Crippen MR) is 81.8 cm³/mol. The Morgan fingerprint density at radius 2 is 1.86 bits per heavy atom. The van der Waals surface area contributed by atoms with E-state index in [0.29, 0.717) is 33.6 Å². The smallest absolute Gasteiger partial charge is 0.288 e. The fourth-order valence-corrected chi connectivity index (χ4v) is 2.28. The lowest BCUT2D eigenvalue weighted by atomic mass is 10.1. The summed E-state index contributed by atoms with van der Waals surface area (Å²) in [6, 6.07) is 11.4. The van der Waals surface area contributed by atoms with Gasteiger partial charge in [-0.3, -0.25) is 4.79 Å². The van der Waals surface area contributed by atoms with Gasteiger partial charge in [0.25, 0.3) is 11.7 Å². The van der Waals surface area contributed by atoms with Gasteiger partial charge in [0.2, 0.25) is 0 Å². The second-order valence-corrected chi connectivity index (χ2v) is 5.51. The zero-order valence-corrected chi connectivity index (χ0v) is 12.1. The Kier molecular flexibility index (Phi) is 4.80. The highest BCUT2D eigenvalue weighted by Crippen LogP contribution is 2.26. The molecule has 0 unspecified atom stereocenters. The summed E-state index contributed by atoms with van der Waals surface area (Å²) in [6.07, 6.45) is 0. The van der Waals surface area contributed by atoms with Crippen LogP contribution in [0.25, 0.3) is 0 Å². The molecule has 110 valence electrons. The number of hydrogen-bond donors (Lipinski definition) is 2. The van der Waals surface area contributed by atoms with Gasteiger partial charge in [-0.1, -0.05) is 23.4 Å². The molecule has 2 rings (SSSR count). The molecule has 0 aliphatic rings. The quantitative estimate of drug-likeness (QED) is 0.659. The van der Waals surface area contributed by atoms with Gasteiger partial charge in [-0.15, -0.1) is 0 Å². The molecule has 0 saturated heterocycles. The van der Waals surface area contributed by atoms with E-state index in [4.69, 9.17) is 5.73 Å². The zero-order valence-electron chi connectivity index (χ0n) is 11.3. The van der Waals surface area contributed by atoms with Crippen molar-refractivity contribution in [2.24, 2.45) is 0 Å². The van der Waals surface area contributed by atoms with Gasteiger partial charge < -0.3 is 11.1 Å². The first-order valence-corrected chi connectivity index (χ1v) is 7.06. The van der Waals surface area contributed by atoms with Crippen molar-refractivity contribution in [3.05, 3.63) is 53.6 Å². The summed E-state index contributed by atoms with van der Waals surface area (Å²) < 4.78 is 24.4. The Bertz CT molecular complexity index is 645. The maximum absolute atomic E-state index is 12.2. The molecule has 0 fully saturated rings. The van der Waals surface area contributed by atoms with E-state index in [2.05, 4.69) is 5.32 Å². The molecule has 0 aliphatic heterocycles. The molecular weight excluding hydrogens is 294 g/mol. The molecule has 21 heavy (non-hydrogen) atoms. The van der Waals surface area contributed by atoms with Gasteiger partial charge >= 0.3 is 0 Å². The number of amides is 1. The number of alkyl halides is 2. The van der Waals surface area contributed by atoms with E-state index >= 15 is 0 Å². The SMILES string of the molecule is Cc1ccc(N)c(C(=O)Nc2ccc(SC(F)F)cc2)c1. The van der Waals surface area contributed by atoms with E-state index in [1.54, 1.807) is 24.3 Å². The third-order valence-corrected chi connectivity index (χ3v) is 3.51. The Morgan fingerprint density at radius 1 is 1.19 bits per heavy atom. The maximum atomic E-state index is 12.2. The molecule has 0 aromatic heterocycles. The van der Waals surface area contributed by atoms with Crippen molar-refractivity contribution in [1.29, 1.82) is 0 Å². The summed E-state index contributed by atoms with van der Waals surface area (Å²) in [7, 11) is 0. The second-order valence-electron chi connectivity index (χ2n) is 4.45. The molecule has 0 bridgehead atoms. The number of aryl methyl sites for hydroxylation is 1. The van der Waals surface area contributed by atoms with Crippen molar-refractivity contribution >= 4 is 29.0 Å². The minimum atomic E-state index is -2.46. The summed E-state index contributed by atoms with van der Waals surface area (Å²) in [6.45, 7) is 1.87. The number of nitrogens with two attached hydrogens (primary N) is 1. The first kappa shape index (κ1) is 15.3. The molecule has 2 aromatic carbocycles. The van der Waals surface area contributed by atoms with Gasteiger partial charge in [0.15, 0.2) is 0 Å². The monoisotopic (exact) mass is 308 g/mol. The number of hydrogen-bond acceptors (Lipinski definition) is 3. The molecule has 0 aliphatic carbocycles. The number of anilines is 2. The number of benzene rings is 2. The van der Waals surface area contributed by atoms with Gasteiger partial charge in [-0.25, -0.2) is 0 Å². The molecule has 6 heteroatoms. The fraction of sp³-hybridized carbons (Fsp3) is 0.133. The minimum Gasteiger partial charge on any atom is -0.398 e. The van der Waals surface area contributed by atoms with Crippen LogP contribution in [0.4, 0.5) is 20.2 Å². The van der Waals surface area contributed by atoms with Gasteiger partial charge in [0.1, 0.15) is 0 Å². The lowest BCUT2D eigenvalue weighted by Gasteiger charge is -2.09. The van der Waals surface area contributed by atoms with Crippen LogP contribution < -0.4 is 11.1 Å². The van der Waals surface area contributed by atoms with Crippen LogP contribution in [0.2, 0.25) is 0 Å². The summed E-state index contributed by atoms with van der Waals surface area (Å²) >= 11 is 0.461.